The fraction of sp³-hybridized carbons (Fsp3) is 0.800. The Bertz CT molecular complexity index is 93.0. The van der Waals surface area contributed by atoms with E-state index in [2.05, 4.69) is 0 Å². The summed E-state index contributed by atoms with van der Waals surface area (Å²) in [5.74, 6) is 0. The van der Waals surface area contributed by atoms with Gasteiger partial charge in [-0.25, -0.2) is 4.31 Å². The molecular weight excluding hydrogens is 136 g/mol. The van der Waals surface area contributed by atoms with Crippen molar-refractivity contribution in [3.8, 4) is 0 Å². The lowest BCUT2D eigenvalue weighted by Crippen LogP contribution is -2.16. The fourth-order valence-electron chi connectivity index (χ4n) is 0.470. The highest BCUT2D eigenvalue weighted by Gasteiger charge is 2.02. The Kier molecular flexibility index (Phi) is 4.53. The normalized spacial score (nSPS) is 10.1. The van der Waals surface area contributed by atoms with Crippen molar-refractivity contribution in [1.29, 1.82) is 0 Å². The van der Waals surface area contributed by atoms with Crippen LogP contribution in [0.1, 0.15) is 13.8 Å². The van der Waals surface area contributed by atoms with Gasteiger partial charge in [0.05, 0.1) is 0 Å². The molecule has 0 aromatic carbocycles. The van der Waals surface area contributed by atoms with Crippen LogP contribution in [0.3, 0.4) is 0 Å². The third-order valence-corrected chi connectivity index (χ3v) is 1.86. The van der Waals surface area contributed by atoms with Crippen molar-refractivity contribution in [2.24, 2.45) is 0 Å². The van der Waals surface area contributed by atoms with Gasteiger partial charge in [0.1, 0.15) is 0 Å². The highest BCUT2D eigenvalue weighted by molar-refractivity contribution is 8.11. The van der Waals surface area contributed by atoms with Crippen LogP contribution >= 0.6 is 11.9 Å². The van der Waals surface area contributed by atoms with Gasteiger partial charge in [-0.3, -0.25) is 10.5 Å². The molecule has 0 bridgehead atoms. The van der Waals surface area contributed by atoms with Crippen LogP contribution in [0.15, 0.2) is 0 Å². The van der Waals surface area contributed by atoms with Gasteiger partial charge in [-0.1, -0.05) is 13.8 Å². The largest absolute Gasteiger partial charge is 0.312 e. The zero-order valence-corrected chi connectivity index (χ0v) is 6.49. The first-order valence-electron chi connectivity index (χ1n) is 2.89. The summed E-state index contributed by atoms with van der Waals surface area (Å²) in [6, 6.07) is 0. The van der Waals surface area contributed by atoms with Crippen LogP contribution < -0.4 is 5.73 Å². The fourth-order valence-corrected chi connectivity index (χ4v) is 0.963. The molecule has 9 heavy (non-hydrogen) atoms. The molecule has 0 fully saturated rings. The molecule has 0 aliphatic rings. The van der Waals surface area contributed by atoms with Crippen LogP contribution in [0.25, 0.3) is 0 Å². The molecule has 0 aromatic heterocycles. The van der Waals surface area contributed by atoms with Crippen molar-refractivity contribution in [3.05, 3.63) is 0 Å². The number of hydrogen-bond donors (Lipinski definition) is 0. The second-order valence-corrected chi connectivity index (χ2v) is 2.56. The van der Waals surface area contributed by atoms with Gasteiger partial charge in [-0.2, -0.15) is 0 Å². The van der Waals surface area contributed by atoms with E-state index in [1.807, 2.05) is 18.2 Å². The molecule has 0 aliphatic carbocycles. The van der Waals surface area contributed by atoms with Gasteiger partial charge >= 0.3 is 5.24 Å². The maximum atomic E-state index is 10.2. The van der Waals surface area contributed by atoms with Crippen LogP contribution in [0.5, 0.6) is 0 Å². The average molecular weight is 147 g/mol. The maximum Gasteiger partial charge on any atom is 0.312 e. The predicted octanol–water partition coefficient (Wildman–Crippen LogP) is 1.38. The minimum absolute atomic E-state index is 0.585. The van der Waals surface area contributed by atoms with Crippen LogP contribution in [0.4, 0.5) is 4.79 Å². The number of nitrogens with one attached hydrogen (secondary N) is 1. The van der Waals surface area contributed by atoms with Gasteiger partial charge in [0, 0.05) is 25.0 Å². The van der Waals surface area contributed by atoms with E-state index in [0.29, 0.717) is 0 Å². The Morgan fingerprint density at radius 3 is 2.11 bits per heavy atom. The van der Waals surface area contributed by atoms with Crippen LogP contribution in [0, 0.1) is 0 Å². The minimum Gasteiger partial charge on any atom is -0.259 e. The predicted molar refractivity (Wildman–Crippen MR) is 39.0 cm³/mol. The Morgan fingerprint density at radius 2 is 2.00 bits per heavy atom. The van der Waals surface area contributed by atoms with Gasteiger partial charge in [-0.15, -0.1) is 0 Å². The second kappa shape index (κ2) is 4.64. The molecule has 4 heteroatoms. The van der Waals surface area contributed by atoms with Gasteiger partial charge in [0.15, 0.2) is 0 Å². The maximum absolute atomic E-state index is 10.2. The lowest BCUT2D eigenvalue weighted by molar-refractivity contribution is 0.265. The molecule has 3 nitrogen and oxygen atoms in total. The number of rotatable bonds is 3. The molecule has 0 atom stereocenters. The molecule has 0 saturated carbocycles. The first kappa shape index (κ1) is 8.78. The first-order valence-corrected chi connectivity index (χ1v) is 3.66. The molecule has 0 unspecified atom stereocenters. The summed E-state index contributed by atoms with van der Waals surface area (Å²) in [6.07, 6.45) is 0. The van der Waals surface area contributed by atoms with Crippen molar-refractivity contribution in [3.63, 3.8) is 0 Å². The zero-order valence-electron chi connectivity index (χ0n) is 5.68. The summed E-state index contributed by atoms with van der Waals surface area (Å²) >= 11 is 0.961. The standard InChI is InChI=1S/C5H11N2OS/c1-3-7(4-2)9-5(6)8/h6H,3-4H2,1-2H3. The monoisotopic (exact) mass is 147 g/mol. The van der Waals surface area contributed by atoms with Crippen LogP contribution in [-0.4, -0.2) is 22.6 Å². The average Bonchev–Trinajstić information content (AvgIpc) is 1.82. The molecule has 0 rings (SSSR count). The Morgan fingerprint density at radius 1 is 1.56 bits per heavy atom. The number of carbonyl (C=O) groups excluding carboxylic acids is 1. The molecule has 0 saturated heterocycles. The summed E-state index contributed by atoms with van der Waals surface area (Å²) in [4.78, 5) is 10.2. The van der Waals surface area contributed by atoms with Crippen molar-refractivity contribution in [1.82, 2.24) is 10.0 Å². The molecular formula is C5H11N2OS. The van der Waals surface area contributed by atoms with E-state index < -0.39 is 5.24 Å². The van der Waals surface area contributed by atoms with Gasteiger partial charge in [-0.05, 0) is 0 Å². The molecule has 0 spiro atoms. The van der Waals surface area contributed by atoms with E-state index in [-0.39, 0.29) is 0 Å². The molecule has 0 aliphatic heterocycles. The molecule has 0 heterocycles. The summed E-state index contributed by atoms with van der Waals surface area (Å²) in [7, 11) is 0. The van der Waals surface area contributed by atoms with Crippen molar-refractivity contribution >= 4 is 17.2 Å². The Balaban J connectivity index is 3.43. The van der Waals surface area contributed by atoms with Gasteiger partial charge < -0.3 is 0 Å². The Labute approximate surface area is 59.7 Å². The smallest absolute Gasteiger partial charge is 0.259 e. The molecule has 1 amide bonds. The summed E-state index contributed by atoms with van der Waals surface area (Å²) in [6.45, 7) is 5.54. The number of carbonyl (C=O) groups is 1. The highest BCUT2D eigenvalue weighted by Crippen LogP contribution is 2.07. The second-order valence-electron chi connectivity index (χ2n) is 1.49. The number of hydrogen-bond acceptors (Lipinski definition) is 3. The minimum atomic E-state index is -0.585. The molecule has 1 radical (unpaired) electrons. The van der Waals surface area contributed by atoms with E-state index in [1.54, 1.807) is 0 Å². The van der Waals surface area contributed by atoms with Gasteiger partial charge in [0.25, 0.3) is 0 Å². The van der Waals surface area contributed by atoms with Crippen molar-refractivity contribution in [2.45, 2.75) is 13.8 Å². The third-order valence-electron chi connectivity index (χ3n) is 0.917. The molecule has 1 N–H and O–H groups in total. The first-order chi connectivity index (χ1) is 4.20. The highest BCUT2D eigenvalue weighted by atomic mass is 32.2. The van der Waals surface area contributed by atoms with E-state index in [4.69, 9.17) is 5.73 Å². The van der Waals surface area contributed by atoms with E-state index in [0.717, 1.165) is 25.0 Å². The van der Waals surface area contributed by atoms with E-state index in [9.17, 15) is 4.79 Å². The quantitative estimate of drug-likeness (QED) is 0.566. The van der Waals surface area contributed by atoms with E-state index in [1.165, 1.54) is 0 Å². The molecule has 0 aromatic rings. The van der Waals surface area contributed by atoms with Gasteiger partial charge in [0.2, 0.25) is 0 Å². The summed E-state index contributed by atoms with van der Waals surface area (Å²) < 4.78 is 1.83. The SMILES string of the molecule is CCN(CC)SC([NH])=O. The third kappa shape index (κ3) is 4.29. The summed E-state index contributed by atoms with van der Waals surface area (Å²) in [5.41, 5.74) is 6.60. The lowest BCUT2D eigenvalue weighted by Gasteiger charge is -2.12. The Hall–Kier alpha value is -0.220. The van der Waals surface area contributed by atoms with Crippen LogP contribution in [0.2, 0.25) is 0 Å². The lowest BCUT2D eigenvalue weighted by atomic mass is 10.7. The van der Waals surface area contributed by atoms with Crippen molar-refractivity contribution in [2.75, 3.05) is 13.1 Å². The zero-order chi connectivity index (χ0) is 7.28. The molecule has 53 valence electrons. The van der Waals surface area contributed by atoms with Crippen molar-refractivity contribution < 1.29 is 4.79 Å². The summed E-state index contributed by atoms with van der Waals surface area (Å²) in [5, 5.41) is -0.585. The van der Waals surface area contributed by atoms with E-state index >= 15 is 0 Å². The topological polar surface area (TPSA) is 44.1 Å². The van der Waals surface area contributed by atoms with Crippen LogP contribution in [-0.2, 0) is 0 Å². The number of nitrogens with zero attached hydrogens (tertiary/aromatic N) is 1. The number of amides is 1.